The zero-order valence-electron chi connectivity index (χ0n) is 14.4. The number of carbonyl (C=O) groups excluding carboxylic acids is 2. The van der Waals surface area contributed by atoms with E-state index in [9.17, 15) is 18.4 Å². The maximum absolute atomic E-state index is 13.1. The lowest BCUT2D eigenvalue weighted by molar-refractivity contribution is -0.124. The van der Waals surface area contributed by atoms with Gasteiger partial charge in [-0.15, -0.1) is 0 Å². The molecule has 0 aliphatic rings. The van der Waals surface area contributed by atoms with Crippen LogP contribution < -0.4 is 10.6 Å². The third kappa shape index (κ3) is 6.78. The Labute approximate surface area is 165 Å². The Morgan fingerprint density at radius 1 is 1.00 bits per heavy atom. The topological polar surface area (TPSA) is 61.4 Å². The van der Waals surface area contributed by atoms with Crippen molar-refractivity contribution in [3.63, 3.8) is 0 Å². The van der Waals surface area contributed by atoms with Gasteiger partial charge in [-0.1, -0.05) is 29.3 Å². The SMILES string of the molecule is CN(CC(=O)NCC(=O)Nc1ccc(F)c(F)c1)Cc1ccc(Cl)c(Cl)c1. The summed E-state index contributed by atoms with van der Waals surface area (Å²) in [4.78, 5) is 25.4. The van der Waals surface area contributed by atoms with E-state index in [-0.39, 0.29) is 24.7 Å². The van der Waals surface area contributed by atoms with Gasteiger partial charge < -0.3 is 10.6 Å². The molecule has 0 heterocycles. The summed E-state index contributed by atoms with van der Waals surface area (Å²) in [6, 6.07) is 8.19. The molecular weight excluding hydrogens is 399 g/mol. The molecule has 2 amide bonds. The lowest BCUT2D eigenvalue weighted by Gasteiger charge is -2.16. The molecule has 2 aromatic rings. The number of hydrogen-bond acceptors (Lipinski definition) is 3. The van der Waals surface area contributed by atoms with E-state index in [0.29, 0.717) is 16.6 Å². The van der Waals surface area contributed by atoms with E-state index in [4.69, 9.17) is 23.2 Å². The molecule has 2 rings (SSSR count). The van der Waals surface area contributed by atoms with Crippen LogP contribution in [-0.4, -0.2) is 36.9 Å². The van der Waals surface area contributed by atoms with E-state index < -0.39 is 17.5 Å². The van der Waals surface area contributed by atoms with Crippen molar-refractivity contribution in [3.05, 3.63) is 63.6 Å². The standard InChI is InChI=1S/C18H17Cl2F2N3O2/c1-25(9-11-2-4-13(19)14(20)6-11)10-18(27)23-8-17(26)24-12-3-5-15(21)16(22)7-12/h2-7H,8-10H2,1H3,(H,23,27)(H,24,26). The molecule has 0 aliphatic carbocycles. The fourth-order valence-corrected chi connectivity index (χ4v) is 2.59. The monoisotopic (exact) mass is 415 g/mol. The van der Waals surface area contributed by atoms with Crippen LogP contribution in [0.1, 0.15) is 5.56 Å². The van der Waals surface area contributed by atoms with E-state index in [1.807, 2.05) is 0 Å². The maximum Gasteiger partial charge on any atom is 0.243 e. The molecule has 0 saturated carbocycles. The van der Waals surface area contributed by atoms with Gasteiger partial charge in [-0.25, -0.2) is 8.78 Å². The Bertz CT molecular complexity index is 849. The van der Waals surface area contributed by atoms with Crippen LogP contribution in [0.2, 0.25) is 10.0 Å². The minimum Gasteiger partial charge on any atom is -0.346 e. The minimum atomic E-state index is -1.07. The Hall–Kier alpha value is -2.22. The first-order chi connectivity index (χ1) is 12.7. The smallest absolute Gasteiger partial charge is 0.243 e. The summed E-state index contributed by atoms with van der Waals surface area (Å²) < 4.78 is 25.9. The summed E-state index contributed by atoms with van der Waals surface area (Å²) in [5.41, 5.74) is 0.987. The fraction of sp³-hybridized carbons (Fsp3) is 0.222. The summed E-state index contributed by atoms with van der Waals surface area (Å²) in [6.07, 6.45) is 0. The number of benzene rings is 2. The van der Waals surface area contributed by atoms with E-state index in [0.717, 1.165) is 17.7 Å². The molecule has 27 heavy (non-hydrogen) atoms. The number of carbonyl (C=O) groups is 2. The van der Waals surface area contributed by atoms with Gasteiger partial charge in [0.1, 0.15) is 0 Å². The second kappa shape index (κ2) is 9.64. The highest BCUT2D eigenvalue weighted by atomic mass is 35.5. The summed E-state index contributed by atoms with van der Waals surface area (Å²) in [7, 11) is 1.74. The third-order valence-corrected chi connectivity index (χ3v) is 4.24. The molecule has 0 aliphatic heterocycles. The largest absolute Gasteiger partial charge is 0.346 e. The van der Waals surface area contributed by atoms with Crippen LogP contribution in [-0.2, 0) is 16.1 Å². The predicted molar refractivity (Wildman–Crippen MR) is 101 cm³/mol. The molecule has 0 radical (unpaired) electrons. The molecule has 5 nitrogen and oxygen atoms in total. The fourth-order valence-electron chi connectivity index (χ4n) is 2.26. The van der Waals surface area contributed by atoms with Crippen molar-refractivity contribution in [2.75, 3.05) is 25.5 Å². The number of likely N-dealkylation sites (N-methyl/N-ethyl adjacent to an activating group) is 1. The second-order valence-electron chi connectivity index (χ2n) is 5.87. The highest BCUT2D eigenvalue weighted by Gasteiger charge is 2.11. The van der Waals surface area contributed by atoms with Gasteiger partial charge >= 0.3 is 0 Å². The van der Waals surface area contributed by atoms with Crippen LogP contribution in [0.3, 0.4) is 0 Å². The van der Waals surface area contributed by atoms with Gasteiger partial charge in [-0.3, -0.25) is 14.5 Å². The van der Waals surface area contributed by atoms with E-state index in [1.54, 1.807) is 30.1 Å². The third-order valence-electron chi connectivity index (χ3n) is 3.50. The Kier molecular flexibility index (Phi) is 7.53. The first-order valence-electron chi connectivity index (χ1n) is 7.88. The van der Waals surface area contributed by atoms with Gasteiger partial charge in [0.2, 0.25) is 11.8 Å². The Balaban J connectivity index is 1.76. The van der Waals surface area contributed by atoms with Crippen molar-refractivity contribution in [2.45, 2.75) is 6.54 Å². The van der Waals surface area contributed by atoms with E-state index in [2.05, 4.69) is 10.6 Å². The zero-order valence-corrected chi connectivity index (χ0v) is 15.9. The van der Waals surface area contributed by atoms with Gasteiger partial charge in [-0.2, -0.15) is 0 Å². The van der Waals surface area contributed by atoms with Crippen LogP contribution in [0.5, 0.6) is 0 Å². The van der Waals surface area contributed by atoms with Crippen LogP contribution in [0.4, 0.5) is 14.5 Å². The first-order valence-corrected chi connectivity index (χ1v) is 8.64. The second-order valence-corrected chi connectivity index (χ2v) is 6.69. The molecular formula is C18H17Cl2F2N3O2. The van der Waals surface area contributed by atoms with Crippen molar-refractivity contribution >= 4 is 40.7 Å². The number of amides is 2. The number of nitrogens with zero attached hydrogens (tertiary/aromatic N) is 1. The van der Waals surface area contributed by atoms with Gasteiger partial charge in [0.05, 0.1) is 23.1 Å². The average molecular weight is 416 g/mol. The molecule has 9 heteroatoms. The van der Waals surface area contributed by atoms with Crippen LogP contribution >= 0.6 is 23.2 Å². The van der Waals surface area contributed by atoms with Gasteiger partial charge in [0.25, 0.3) is 0 Å². The van der Waals surface area contributed by atoms with Crippen LogP contribution in [0.15, 0.2) is 36.4 Å². The molecule has 0 unspecified atom stereocenters. The number of nitrogens with one attached hydrogen (secondary N) is 2. The van der Waals surface area contributed by atoms with Crippen molar-refractivity contribution in [1.82, 2.24) is 10.2 Å². The molecule has 0 spiro atoms. The van der Waals surface area contributed by atoms with Crippen LogP contribution in [0.25, 0.3) is 0 Å². The molecule has 2 N–H and O–H groups in total. The molecule has 0 aromatic heterocycles. The number of anilines is 1. The minimum absolute atomic E-state index is 0.0543. The number of hydrogen-bond donors (Lipinski definition) is 2. The number of halogens is 4. The number of rotatable bonds is 7. The zero-order chi connectivity index (χ0) is 20.0. The maximum atomic E-state index is 13.1. The van der Waals surface area contributed by atoms with Crippen molar-refractivity contribution in [3.8, 4) is 0 Å². The Morgan fingerprint density at radius 2 is 1.74 bits per heavy atom. The van der Waals surface area contributed by atoms with E-state index in [1.165, 1.54) is 6.07 Å². The average Bonchev–Trinajstić information content (AvgIpc) is 2.59. The molecule has 0 saturated heterocycles. The van der Waals surface area contributed by atoms with Crippen molar-refractivity contribution < 1.29 is 18.4 Å². The Morgan fingerprint density at radius 3 is 2.41 bits per heavy atom. The quantitative estimate of drug-likeness (QED) is 0.727. The lowest BCUT2D eigenvalue weighted by atomic mass is 10.2. The predicted octanol–water partition coefficient (Wildman–Crippen LogP) is 3.46. The molecule has 0 fully saturated rings. The van der Waals surface area contributed by atoms with E-state index >= 15 is 0 Å². The summed E-state index contributed by atoms with van der Waals surface area (Å²) >= 11 is 11.8. The lowest BCUT2D eigenvalue weighted by Crippen LogP contribution is -2.39. The van der Waals surface area contributed by atoms with Gasteiger partial charge in [-0.05, 0) is 36.9 Å². The summed E-state index contributed by atoms with van der Waals surface area (Å²) in [5.74, 6) is -2.99. The van der Waals surface area contributed by atoms with Crippen molar-refractivity contribution in [1.29, 1.82) is 0 Å². The molecule has 2 aromatic carbocycles. The highest BCUT2D eigenvalue weighted by Crippen LogP contribution is 2.23. The summed E-state index contributed by atoms with van der Waals surface area (Å²) in [5, 5.41) is 5.71. The van der Waals surface area contributed by atoms with Gasteiger partial charge in [0.15, 0.2) is 11.6 Å². The molecule has 0 bridgehead atoms. The molecule has 144 valence electrons. The highest BCUT2D eigenvalue weighted by molar-refractivity contribution is 6.42. The normalized spacial score (nSPS) is 10.7. The van der Waals surface area contributed by atoms with Crippen molar-refractivity contribution in [2.24, 2.45) is 0 Å². The van der Waals surface area contributed by atoms with Gasteiger partial charge in [0, 0.05) is 18.3 Å². The first kappa shape index (κ1) is 21.1. The van der Waals surface area contributed by atoms with Crippen LogP contribution in [0, 0.1) is 11.6 Å². The molecule has 0 atom stereocenters. The summed E-state index contributed by atoms with van der Waals surface area (Å²) in [6.45, 7) is 0.225.